The molecule has 1 fully saturated rings. The molecule has 0 saturated carbocycles. The molecule has 1 saturated heterocycles. The molecule has 0 spiro atoms. The first-order valence-corrected chi connectivity index (χ1v) is 10.6. The van der Waals surface area contributed by atoms with Gasteiger partial charge in [0.1, 0.15) is 5.03 Å². The molecule has 0 bridgehead atoms. The topological polar surface area (TPSA) is 71.0 Å². The molecule has 0 radical (unpaired) electrons. The van der Waals surface area contributed by atoms with E-state index in [1.54, 1.807) is 36.5 Å². The van der Waals surface area contributed by atoms with Gasteiger partial charge in [-0.05, 0) is 36.6 Å². The Bertz CT molecular complexity index is 930. The Morgan fingerprint density at radius 2 is 1.83 bits per heavy atom. The molecule has 148 valence electrons. The molecule has 7 heteroatoms. The summed E-state index contributed by atoms with van der Waals surface area (Å²) < 4.78 is 0. The van der Waals surface area contributed by atoms with Gasteiger partial charge in [-0.25, -0.2) is 9.97 Å². The Balaban J connectivity index is 1.34. The lowest BCUT2D eigenvalue weighted by Gasteiger charge is -2.32. The first kappa shape index (κ1) is 19.4. The number of rotatable bonds is 6. The molecule has 2 aromatic heterocycles. The van der Waals surface area contributed by atoms with Gasteiger partial charge in [-0.15, -0.1) is 0 Å². The lowest BCUT2D eigenvalue weighted by molar-refractivity contribution is -0.125. The summed E-state index contributed by atoms with van der Waals surface area (Å²) in [5.41, 5.74) is 1.01. The van der Waals surface area contributed by atoms with Crippen LogP contribution >= 0.6 is 11.8 Å². The maximum atomic E-state index is 12.5. The molecule has 0 unspecified atom stereocenters. The summed E-state index contributed by atoms with van der Waals surface area (Å²) in [7, 11) is 0. The van der Waals surface area contributed by atoms with E-state index in [4.69, 9.17) is 0 Å². The number of pyridine rings is 1. The van der Waals surface area contributed by atoms with Gasteiger partial charge < -0.3 is 10.2 Å². The number of hydrogen-bond donors (Lipinski definition) is 1. The van der Waals surface area contributed by atoms with Gasteiger partial charge in [0.2, 0.25) is 5.91 Å². The zero-order valence-corrected chi connectivity index (χ0v) is 16.9. The average molecular weight is 406 g/mol. The van der Waals surface area contributed by atoms with Gasteiger partial charge in [-0.2, -0.15) is 0 Å². The van der Waals surface area contributed by atoms with Gasteiger partial charge in [-0.3, -0.25) is 9.78 Å². The van der Waals surface area contributed by atoms with Crippen LogP contribution in [0.4, 0.5) is 5.82 Å². The van der Waals surface area contributed by atoms with Crippen LogP contribution in [0.2, 0.25) is 0 Å². The molecule has 0 atom stereocenters. The Morgan fingerprint density at radius 3 is 2.59 bits per heavy atom. The number of hydrogen-bond acceptors (Lipinski definition) is 6. The summed E-state index contributed by atoms with van der Waals surface area (Å²) in [5.74, 6) is 1.05. The lowest BCUT2D eigenvalue weighted by atomic mass is 9.96. The Morgan fingerprint density at radius 1 is 1.03 bits per heavy atom. The summed E-state index contributed by atoms with van der Waals surface area (Å²) in [5, 5.41) is 3.94. The second-order valence-corrected chi connectivity index (χ2v) is 8.00. The number of piperidine rings is 1. The van der Waals surface area contributed by atoms with E-state index in [0.717, 1.165) is 47.2 Å². The highest BCUT2D eigenvalue weighted by atomic mass is 32.2. The minimum Gasteiger partial charge on any atom is -0.354 e. The number of carbonyl (C=O) groups excluding carboxylic acids is 1. The molecular weight excluding hydrogens is 382 g/mol. The van der Waals surface area contributed by atoms with Crippen LogP contribution in [0.1, 0.15) is 18.4 Å². The normalized spacial score (nSPS) is 14.6. The van der Waals surface area contributed by atoms with Crippen molar-refractivity contribution in [3.05, 3.63) is 72.8 Å². The number of anilines is 1. The average Bonchev–Trinajstić information content (AvgIpc) is 2.79. The highest BCUT2D eigenvalue weighted by molar-refractivity contribution is 7.99. The molecule has 3 heterocycles. The highest BCUT2D eigenvalue weighted by Crippen LogP contribution is 2.33. The van der Waals surface area contributed by atoms with Crippen molar-refractivity contribution in [3.8, 4) is 0 Å². The van der Waals surface area contributed by atoms with Crippen molar-refractivity contribution in [2.75, 3.05) is 18.0 Å². The number of nitrogens with one attached hydrogen (secondary N) is 1. The maximum absolute atomic E-state index is 12.5. The molecule has 3 aromatic rings. The quantitative estimate of drug-likeness (QED) is 0.676. The van der Waals surface area contributed by atoms with Crippen molar-refractivity contribution in [3.63, 3.8) is 0 Å². The zero-order valence-electron chi connectivity index (χ0n) is 16.1. The second kappa shape index (κ2) is 9.52. The molecule has 29 heavy (non-hydrogen) atoms. The van der Waals surface area contributed by atoms with Crippen LogP contribution in [0, 0.1) is 5.92 Å². The smallest absolute Gasteiger partial charge is 0.223 e. The summed E-state index contributed by atoms with van der Waals surface area (Å²) in [6.45, 7) is 2.12. The van der Waals surface area contributed by atoms with E-state index in [2.05, 4.69) is 37.3 Å². The van der Waals surface area contributed by atoms with Crippen molar-refractivity contribution in [2.24, 2.45) is 5.92 Å². The van der Waals surface area contributed by atoms with Crippen LogP contribution in [0.15, 0.2) is 77.2 Å². The van der Waals surface area contributed by atoms with E-state index < -0.39 is 0 Å². The van der Waals surface area contributed by atoms with E-state index in [9.17, 15) is 4.79 Å². The first-order chi connectivity index (χ1) is 14.3. The Labute approximate surface area is 174 Å². The molecule has 1 aromatic carbocycles. The predicted molar refractivity (Wildman–Crippen MR) is 114 cm³/mol. The molecule has 1 N–H and O–H groups in total. The second-order valence-electron chi connectivity index (χ2n) is 6.94. The molecule has 4 rings (SSSR count). The molecule has 1 aliphatic heterocycles. The number of carbonyl (C=O) groups is 1. The van der Waals surface area contributed by atoms with E-state index >= 15 is 0 Å². The number of amides is 1. The standard InChI is InChI=1S/C22H23N5OS/c28-21(26-16-17-5-4-10-23-15-17)18-8-13-27(14-9-18)20-22(25-12-11-24-20)29-19-6-2-1-3-7-19/h1-7,10-12,15,18H,8-9,13-14,16H2,(H,26,28). The van der Waals surface area contributed by atoms with Crippen molar-refractivity contribution in [1.29, 1.82) is 0 Å². The summed E-state index contributed by atoms with van der Waals surface area (Å²) in [6.07, 6.45) is 8.60. The van der Waals surface area contributed by atoms with Gasteiger partial charge in [0.05, 0.1) is 0 Å². The SMILES string of the molecule is O=C(NCc1cccnc1)C1CCN(c2nccnc2Sc2ccccc2)CC1. The van der Waals surface area contributed by atoms with Gasteiger partial charge in [0.25, 0.3) is 0 Å². The third kappa shape index (κ3) is 5.12. The van der Waals surface area contributed by atoms with Crippen molar-refractivity contribution in [1.82, 2.24) is 20.3 Å². The minimum absolute atomic E-state index is 0.0322. The van der Waals surface area contributed by atoms with Gasteiger partial charge >= 0.3 is 0 Å². The van der Waals surface area contributed by atoms with Crippen LogP contribution in [-0.2, 0) is 11.3 Å². The van der Waals surface area contributed by atoms with E-state index in [1.807, 2.05) is 30.3 Å². The minimum atomic E-state index is 0.0322. The fourth-order valence-electron chi connectivity index (χ4n) is 3.40. The van der Waals surface area contributed by atoms with E-state index in [-0.39, 0.29) is 11.8 Å². The Hall–Kier alpha value is -2.93. The van der Waals surface area contributed by atoms with Gasteiger partial charge in [0.15, 0.2) is 5.82 Å². The first-order valence-electron chi connectivity index (χ1n) is 9.75. The summed E-state index contributed by atoms with van der Waals surface area (Å²) >= 11 is 1.62. The van der Waals surface area contributed by atoms with Crippen LogP contribution in [0.25, 0.3) is 0 Å². The van der Waals surface area contributed by atoms with Crippen molar-refractivity contribution in [2.45, 2.75) is 29.3 Å². The largest absolute Gasteiger partial charge is 0.354 e. The third-order valence-electron chi connectivity index (χ3n) is 4.96. The van der Waals surface area contributed by atoms with E-state index in [0.29, 0.717) is 6.54 Å². The van der Waals surface area contributed by atoms with Crippen LogP contribution in [-0.4, -0.2) is 33.9 Å². The summed E-state index contributed by atoms with van der Waals surface area (Å²) in [4.78, 5) is 29.1. The highest BCUT2D eigenvalue weighted by Gasteiger charge is 2.27. The van der Waals surface area contributed by atoms with Crippen LogP contribution in [0.5, 0.6) is 0 Å². The van der Waals surface area contributed by atoms with Crippen LogP contribution in [0.3, 0.4) is 0 Å². The maximum Gasteiger partial charge on any atom is 0.223 e. The van der Waals surface area contributed by atoms with E-state index in [1.165, 1.54) is 0 Å². The van der Waals surface area contributed by atoms with Crippen LogP contribution < -0.4 is 10.2 Å². The fraction of sp³-hybridized carbons (Fsp3) is 0.273. The fourth-order valence-corrected chi connectivity index (χ4v) is 4.30. The predicted octanol–water partition coefficient (Wildman–Crippen LogP) is 3.56. The molecule has 6 nitrogen and oxygen atoms in total. The number of aromatic nitrogens is 3. The van der Waals surface area contributed by atoms with Gasteiger partial charge in [0, 0.05) is 55.2 Å². The molecule has 1 aliphatic rings. The monoisotopic (exact) mass is 405 g/mol. The molecule has 0 aliphatic carbocycles. The van der Waals surface area contributed by atoms with Crippen molar-refractivity contribution < 1.29 is 4.79 Å². The zero-order chi connectivity index (χ0) is 19.9. The number of nitrogens with zero attached hydrogens (tertiary/aromatic N) is 4. The third-order valence-corrected chi connectivity index (χ3v) is 5.95. The van der Waals surface area contributed by atoms with Gasteiger partial charge in [-0.1, -0.05) is 36.0 Å². The lowest BCUT2D eigenvalue weighted by Crippen LogP contribution is -2.41. The summed E-state index contributed by atoms with van der Waals surface area (Å²) in [6, 6.07) is 14.0. The van der Waals surface area contributed by atoms with Crippen molar-refractivity contribution >= 4 is 23.5 Å². The molecular formula is C22H23N5OS. The molecule has 1 amide bonds. The Kier molecular flexibility index (Phi) is 6.36. The number of benzene rings is 1.